The number of aryl methyl sites for hydroxylation is 2. The van der Waals surface area contributed by atoms with Gasteiger partial charge in [0.05, 0.1) is 18.6 Å². The zero-order valence-corrected chi connectivity index (χ0v) is 16.0. The lowest BCUT2D eigenvalue weighted by atomic mass is 10.0. The summed E-state index contributed by atoms with van der Waals surface area (Å²) in [6.45, 7) is 17.4. The van der Waals surface area contributed by atoms with Gasteiger partial charge in [0.2, 0.25) is 0 Å². The average Bonchev–Trinajstić information content (AvgIpc) is 2.87. The van der Waals surface area contributed by atoms with Crippen molar-refractivity contribution >= 4 is 12.0 Å². The predicted octanol–water partition coefficient (Wildman–Crippen LogP) is 4.98. The number of benzene rings is 1. The fraction of sp³-hybridized carbons (Fsp3) is 0.650. The molecule has 3 nitrogen and oxygen atoms in total. The number of hydrogen-bond donors (Lipinski definition) is 0. The number of nitrogens with zero attached hydrogens (tertiary/aromatic N) is 2. The molecule has 1 aliphatic rings. The molecule has 0 saturated heterocycles. The molecular weight excluding hydrogens is 284 g/mol. The van der Waals surface area contributed by atoms with E-state index in [1.165, 1.54) is 0 Å². The summed E-state index contributed by atoms with van der Waals surface area (Å²) in [5, 5.41) is 0. The van der Waals surface area contributed by atoms with Gasteiger partial charge in [0, 0.05) is 19.5 Å². The third-order valence-corrected chi connectivity index (χ3v) is 6.11. The van der Waals surface area contributed by atoms with Gasteiger partial charge in [-0.3, -0.25) is 0 Å². The van der Waals surface area contributed by atoms with Crippen LogP contribution in [-0.4, -0.2) is 31.4 Å². The fourth-order valence-electron chi connectivity index (χ4n) is 3.23. The van der Waals surface area contributed by atoms with E-state index in [-0.39, 0.29) is 0 Å². The molecule has 0 heterocycles. The highest BCUT2D eigenvalue weighted by Crippen LogP contribution is 2.68. The first-order chi connectivity index (χ1) is 10.6. The van der Waals surface area contributed by atoms with Crippen LogP contribution in [0.3, 0.4) is 0 Å². The normalized spacial score (nSPS) is 19.1. The number of hydrogen-bond acceptors (Lipinski definition) is 2. The highest BCUT2D eigenvalue weighted by atomic mass is 16.5. The van der Waals surface area contributed by atoms with Crippen LogP contribution >= 0.6 is 0 Å². The molecule has 2 rings (SSSR count). The van der Waals surface area contributed by atoms with Gasteiger partial charge < -0.3 is 9.64 Å². The van der Waals surface area contributed by atoms with Crippen molar-refractivity contribution in [2.45, 2.75) is 48.5 Å². The highest BCUT2D eigenvalue weighted by molar-refractivity contribution is 5.64. The number of rotatable bonds is 6. The Balaban J connectivity index is 2.07. The van der Waals surface area contributed by atoms with Crippen molar-refractivity contribution in [1.82, 2.24) is 4.90 Å². The van der Waals surface area contributed by atoms with Crippen LogP contribution in [-0.2, 0) is 0 Å². The Kier molecular flexibility index (Phi) is 4.79. The molecule has 1 fully saturated rings. The van der Waals surface area contributed by atoms with Gasteiger partial charge in [-0.1, -0.05) is 27.7 Å². The Hall–Kier alpha value is -1.51. The maximum Gasteiger partial charge on any atom is 0.122 e. The summed E-state index contributed by atoms with van der Waals surface area (Å²) in [7, 11) is 2.03. The van der Waals surface area contributed by atoms with Crippen LogP contribution < -0.4 is 4.74 Å². The monoisotopic (exact) mass is 316 g/mol. The van der Waals surface area contributed by atoms with Crippen LogP contribution in [0.25, 0.3) is 0 Å². The van der Waals surface area contributed by atoms with Crippen molar-refractivity contribution in [2.24, 2.45) is 21.7 Å². The zero-order valence-electron chi connectivity index (χ0n) is 16.0. The SMILES string of the molecule is CCN(C)/C=N/c1cc(C)c(OCC2C(C)(C)C2(C)C)cc1C. The molecule has 0 spiro atoms. The van der Waals surface area contributed by atoms with Gasteiger partial charge in [-0.15, -0.1) is 0 Å². The Morgan fingerprint density at radius 2 is 1.74 bits per heavy atom. The summed E-state index contributed by atoms with van der Waals surface area (Å²) in [4.78, 5) is 6.64. The van der Waals surface area contributed by atoms with Crippen molar-refractivity contribution in [1.29, 1.82) is 0 Å². The molecule has 0 atom stereocenters. The molecule has 23 heavy (non-hydrogen) atoms. The molecular formula is C20H32N2O. The summed E-state index contributed by atoms with van der Waals surface area (Å²) in [5.74, 6) is 1.61. The van der Waals surface area contributed by atoms with Crippen molar-refractivity contribution in [3.8, 4) is 5.75 Å². The molecule has 3 heteroatoms. The van der Waals surface area contributed by atoms with Gasteiger partial charge >= 0.3 is 0 Å². The summed E-state index contributed by atoms with van der Waals surface area (Å²) in [6, 6.07) is 4.24. The van der Waals surface area contributed by atoms with Crippen molar-refractivity contribution in [2.75, 3.05) is 20.2 Å². The molecule has 0 unspecified atom stereocenters. The molecule has 1 aromatic carbocycles. The minimum Gasteiger partial charge on any atom is -0.493 e. The third-order valence-electron chi connectivity index (χ3n) is 6.11. The van der Waals surface area contributed by atoms with Crippen LogP contribution in [0, 0.1) is 30.6 Å². The maximum atomic E-state index is 6.15. The van der Waals surface area contributed by atoms with E-state index in [1.54, 1.807) is 0 Å². The lowest BCUT2D eigenvalue weighted by molar-refractivity contribution is 0.271. The fourth-order valence-corrected chi connectivity index (χ4v) is 3.23. The molecule has 0 aromatic heterocycles. The smallest absolute Gasteiger partial charge is 0.122 e. The quantitative estimate of drug-likeness (QED) is 0.546. The molecule has 128 valence electrons. The maximum absolute atomic E-state index is 6.15. The van der Waals surface area contributed by atoms with E-state index in [1.807, 2.05) is 13.4 Å². The molecule has 1 aliphatic carbocycles. The molecule has 0 aliphatic heterocycles. The zero-order chi connectivity index (χ0) is 17.4. The topological polar surface area (TPSA) is 24.8 Å². The van der Waals surface area contributed by atoms with Gasteiger partial charge in [-0.25, -0.2) is 4.99 Å². The van der Waals surface area contributed by atoms with Gasteiger partial charge in [0.15, 0.2) is 0 Å². The summed E-state index contributed by atoms with van der Waals surface area (Å²) in [5.41, 5.74) is 4.05. The summed E-state index contributed by atoms with van der Waals surface area (Å²) >= 11 is 0. The van der Waals surface area contributed by atoms with E-state index in [0.717, 1.165) is 35.7 Å². The van der Waals surface area contributed by atoms with Crippen LogP contribution in [0.2, 0.25) is 0 Å². The van der Waals surface area contributed by atoms with Crippen LogP contribution in [0.5, 0.6) is 5.75 Å². The van der Waals surface area contributed by atoms with E-state index >= 15 is 0 Å². The summed E-state index contributed by atoms with van der Waals surface area (Å²) in [6.07, 6.45) is 1.89. The lowest BCUT2D eigenvalue weighted by Gasteiger charge is -2.13. The second-order valence-electron chi connectivity index (χ2n) is 8.03. The van der Waals surface area contributed by atoms with Gasteiger partial charge in [0.25, 0.3) is 0 Å². The number of aliphatic imine (C=N–C) groups is 1. The molecule has 0 radical (unpaired) electrons. The van der Waals surface area contributed by atoms with E-state index in [4.69, 9.17) is 4.74 Å². The number of ether oxygens (including phenoxy) is 1. The Morgan fingerprint density at radius 3 is 2.26 bits per heavy atom. The van der Waals surface area contributed by atoms with Crippen molar-refractivity contribution < 1.29 is 4.74 Å². The van der Waals surface area contributed by atoms with Gasteiger partial charge in [0.1, 0.15) is 5.75 Å². The van der Waals surface area contributed by atoms with Crippen LogP contribution in [0.4, 0.5) is 5.69 Å². The molecule has 1 aromatic rings. The minimum atomic E-state index is 0.366. The second-order valence-corrected chi connectivity index (χ2v) is 8.03. The summed E-state index contributed by atoms with van der Waals surface area (Å²) < 4.78 is 6.15. The first kappa shape index (κ1) is 17.8. The highest BCUT2D eigenvalue weighted by Gasteiger charge is 2.64. The third kappa shape index (κ3) is 3.39. The van der Waals surface area contributed by atoms with E-state index in [9.17, 15) is 0 Å². The average molecular weight is 316 g/mol. The van der Waals surface area contributed by atoms with Gasteiger partial charge in [-0.2, -0.15) is 0 Å². The standard InChI is InChI=1S/C20H32N2O/c1-9-22(8)13-21-16-10-15(3)17(11-14(16)2)23-12-18-19(4,5)20(18,6)7/h10-11,13,18H,9,12H2,1-8H3/b21-13+. The van der Waals surface area contributed by atoms with E-state index in [2.05, 4.69) is 70.5 Å². The largest absolute Gasteiger partial charge is 0.493 e. The molecule has 0 N–H and O–H groups in total. The van der Waals surface area contributed by atoms with E-state index in [0.29, 0.717) is 16.7 Å². The molecule has 0 amide bonds. The Bertz CT molecular complexity index is 588. The van der Waals surface area contributed by atoms with Crippen molar-refractivity contribution in [3.63, 3.8) is 0 Å². The first-order valence-electron chi connectivity index (χ1n) is 8.59. The van der Waals surface area contributed by atoms with Crippen molar-refractivity contribution in [3.05, 3.63) is 23.3 Å². The Morgan fingerprint density at radius 1 is 1.13 bits per heavy atom. The second kappa shape index (κ2) is 6.18. The van der Waals surface area contributed by atoms with E-state index < -0.39 is 0 Å². The molecule has 1 saturated carbocycles. The predicted molar refractivity (Wildman–Crippen MR) is 98.9 cm³/mol. The van der Waals surface area contributed by atoms with Gasteiger partial charge in [-0.05, 0) is 54.9 Å². The first-order valence-corrected chi connectivity index (χ1v) is 8.59. The van der Waals surface area contributed by atoms with Crippen LogP contribution in [0.1, 0.15) is 45.7 Å². The van der Waals surface area contributed by atoms with Crippen LogP contribution in [0.15, 0.2) is 17.1 Å². The lowest BCUT2D eigenvalue weighted by Crippen LogP contribution is -2.14. The Labute approximate surface area is 141 Å². The minimum absolute atomic E-state index is 0.366. The molecule has 0 bridgehead atoms.